The predicted molar refractivity (Wildman–Crippen MR) is 79.5 cm³/mol. The van der Waals surface area contributed by atoms with Crippen molar-refractivity contribution < 1.29 is 9.53 Å². The Morgan fingerprint density at radius 1 is 1.17 bits per heavy atom. The zero-order valence-electron chi connectivity index (χ0n) is 10.8. The van der Waals surface area contributed by atoms with Crippen LogP contribution in [0.4, 0.5) is 0 Å². The van der Waals surface area contributed by atoms with Crippen molar-refractivity contribution in [3.63, 3.8) is 0 Å². The van der Waals surface area contributed by atoms with Crippen LogP contribution in [0.1, 0.15) is 44.9 Å². The molecule has 0 radical (unpaired) electrons. The fraction of sp³-hybridized carbons (Fsp3) is 0.923. The van der Waals surface area contributed by atoms with E-state index in [1.54, 1.807) is 0 Å². The van der Waals surface area contributed by atoms with Gasteiger partial charge >= 0.3 is 5.97 Å². The average Bonchev–Trinajstić information content (AvgIpc) is 2.40. The summed E-state index contributed by atoms with van der Waals surface area (Å²) in [5, 5.41) is 3.32. The molecule has 0 aromatic carbocycles. The third-order valence-electron chi connectivity index (χ3n) is 4.04. The summed E-state index contributed by atoms with van der Waals surface area (Å²) in [6.07, 6.45) is 7.27. The maximum Gasteiger partial charge on any atom is 0.306 e. The van der Waals surface area contributed by atoms with Gasteiger partial charge < -0.3 is 10.1 Å². The first-order valence-electron chi connectivity index (χ1n) is 7.04. The van der Waals surface area contributed by atoms with Gasteiger partial charge in [-0.05, 0) is 57.5 Å². The summed E-state index contributed by atoms with van der Waals surface area (Å²) in [5.74, 6) is 0.555. The molecule has 104 valence electrons. The van der Waals surface area contributed by atoms with Crippen molar-refractivity contribution in [2.75, 3.05) is 13.1 Å². The molecule has 2 N–H and O–H groups in total. The SMILES string of the molecule is O=C(CC1CCNCC1)OC1CCC(NI)CC1. The molecule has 1 saturated carbocycles. The Hall–Kier alpha value is 0.120. The number of esters is 1. The first kappa shape index (κ1) is 14.5. The fourth-order valence-corrected chi connectivity index (χ4v) is 3.47. The highest BCUT2D eigenvalue weighted by Gasteiger charge is 2.24. The summed E-state index contributed by atoms with van der Waals surface area (Å²) in [4.78, 5) is 11.9. The summed E-state index contributed by atoms with van der Waals surface area (Å²) < 4.78 is 8.86. The monoisotopic (exact) mass is 366 g/mol. The van der Waals surface area contributed by atoms with Crippen molar-refractivity contribution in [2.24, 2.45) is 5.92 Å². The Morgan fingerprint density at radius 2 is 1.83 bits per heavy atom. The van der Waals surface area contributed by atoms with Crippen LogP contribution in [-0.2, 0) is 9.53 Å². The number of rotatable bonds is 4. The molecule has 2 aliphatic rings. The van der Waals surface area contributed by atoms with Crippen LogP contribution >= 0.6 is 22.9 Å². The number of carbonyl (C=O) groups is 1. The normalized spacial score (nSPS) is 30.1. The van der Waals surface area contributed by atoms with Gasteiger partial charge in [-0.15, -0.1) is 0 Å². The zero-order valence-corrected chi connectivity index (χ0v) is 12.9. The lowest BCUT2D eigenvalue weighted by molar-refractivity contribution is -0.152. The van der Waals surface area contributed by atoms with Crippen molar-refractivity contribution in [1.29, 1.82) is 0 Å². The Labute approximate surface area is 123 Å². The quantitative estimate of drug-likeness (QED) is 0.455. The van der Waals surface area contributed by atoms with Crippen LogP contribution in [-0.4, -0.2) is 31.2 Å². The minimum absolute atomic E-state index is 0.0211. The van der Waals surface area contributed by atoms with Gasteiger partial charge in [-0.2, -0.15) is 0 Å². The lowest BCUT2D eigenvalue weighted by atomic mass is 9.93. The van der Waals surface area contributed by atoms with E-state index in [9.17, 15) is 4.79 Å². The van der Waals surface area contributed by atoms with E-state index in [-0.39, 0.29) is 12.1 Å². The number of hydrogen-bond acceptors (Lipinski definition) is 4. The van der Waals surface area contributed by atoms with Crippen LogP contribution in [0.3, 0.4) is 0 Å². The van der Waals surface area contributed by atoms with Gasteiger partial charge in [-0.3, -0.25) is 8.32 Å². The zero-order chi connectivity index (χ0) is 12.8. The number of carbonyl (C=O) groups excluding carboxylic acids is 1. The second-order valence-corrected chi connectivity index (χ2v) is 6.09. The van der Waals surface area contributed by atoms with Crippen molar-refractivity contribution >= 4 is 28.8 Å². The lowest BCUT2D eigenvalue weighted by Gasteiger charge is -2.28. The molecule has 5 heteroatoms. The third-order valence-corrected chi connectivity index (χ3v) is 4.92. The molecule has 0 aromatic heterocycles. The Kier molecular flexibility index (Phi) is 6.17. The first-order chi connectivity index (χ1) is 8.78. The number of halogens is 1. The molecule has 0 atom stereocenters. The maximum atomic E-state index is 11.9. The molecule has 1 aliphatic carbocycles. The summed E-state index contributed by atoms with van der Waals surface area (Å²) in [6.45, 7) is 2.09. The molecule has 4 nitrogen and oxygen atoms in total. The van der Waals surface area contributed by atoms with E-state index in [0.29, 0.717) is 18.4 Å². The Morgan fingerprint density at radius 3 is 2.44 bits per heavy atom. The van der Waals surface area contributed by atoms with Gasteiger partial charge in [0.15, 0.2) is 0 Å². The van der Waals surface area contributed by atoms with Crippen LogP contribution in [0.5, 0.6) is 0 Å². The second-order valence-electron chi connectivity index (χ2n) is 5.47. The van der Waals surface area contributed by atoms with Crippen LogP contribution in [0.2, 0.25) is 0 Å². The van der Waals surface area contributed by atoms with E-state index >= 15 is 0 Å². The smallest absolute Gasteiger partial charge is 0.306 e. The van der Waals surface area contributed by atoms with Crippen molar-refractivity contribution in [3.8, 4) is 0 Å². The fourth-order valence-electron chi connectivity index (χ4n) is 2.85. The summed E-state index contributed by atoms with van der Waals surface area (Å²) in [5.41, 5.74) is 0. The van der Waals surface area contributed by atoms with Crippen molar-refractivity contribution in [3.05, 3.63) is 0 Å². The molecule has 2 rings (SSSR count). The molecular weight excluding hydrogens is 343 g/mol. The van der Waals surface area contributed by atoms with Gasteiger partial charge in [-0.25, -0.2) is 0 Å². The van der Waals surface area contributed by atoms with Crippen LogP contribution in [0, 0.1) is 5.92 Å². The predicted octanol–water partition coefficient (Wildman–Crippen LogP) is 2.17. The van der Waals surface area contributed by atoms with Crippen LogP contribution in [0.25, 0.3) is 0 Å². The minimum atomic E-state index is 0.0211. The molecule has 18 heavy (non-hydrogen) atoms. The molecule has 0 aromatic rings. The number of piperidine rings is 1. The van der Waals surface area contributed by atoms with Gasteiger partial charge in [0.2, 0.25) is 0 Å². The van der Waals surface area contributed by atoms with Gasteiger partial charge in [0.1, 0.15) is 6.10 Å². The van der Waals surface area contributed by atoms with Crippen LogP contribution < -0.4 is 8.85 Å². The molecule has 1 aliphatic heterocycles. The largest absolute Gasteiger partial charge is 0.462 e. The average molecular weight is 366 g/mol. The number of nitrogens with one attached hydrogen (secondary N) is 2. The van der Waals surface area contributed by atoms with Gasteiger partial charge in [0.05, 0.1) is 0 Å². The molecule has 0 bridgehead atoms. The highest BCUT2D eigenvalue weighted by Crippen LogP contribution is 2.23. The molecule has 0 unspecified atom stereocenters. The van der Waals surface area contributed by atoms with E-state index in [2.05, 4.69) is 31.7 Å². The molecule has 1 heterocycles. The van der Waals surface area contributed by atoms with Gasteiger partial charge in [-0.1, -0.05) is 0 Å². The highest BCUT2D eigenvalue weighted by molar-refractivity contribution is 14.1. The summed E-state index contributed by atoms with van der Waals surface area (Å²) in [7, 11) is 0. The van der Waals surface area contributed by atoms with E-state index in [4.69, 9.17) is 4.74 Å². The minimum Gasteiger partial charge on any atom is -0.462 e. The van der Waals surface area contributed by atoms with Crippen molar-refractivity contribution in [2.45, 2.75) is 57.1 Å². The summed E-state index contributed by atoms with van der Waals surface area (Å²) >= 11 is 2.21. The highest BCUT2D eigenvalue weighted by atomic mass is 127. The topological polar surface area (TPSA) is 50.4 Å². The Balaban J connectivity index is 1.65. The standard InChI is InChI=1S/C13H23IN2O2/c14-16-11-1-3-12(4-2-11)18-13(17)9-10-5-7-15-8-6-10/h10-12,15-16H,1-9H2. The molecule has 1 saturated heterocycles. The molecular formula is C13H23IN2O2. The maximum absolute atomic E-state index is 11.9. The van der Waals surface area contributed by atoms with Crippen molar-refractivity contribution in [1.82, 2.24) is 8.85 Å². The second kappa shape index (κ2) is 7.65. The molecule has 0 spiro atoms. The van der Waals surface area contributed by atoms with E-state index < -0.39 is 0 Å². The molecule has 0 amide bonds. The Bertz CT molecular complexity index is 262. The van der Waals surface area contributed by atoms with E-state index in [1.807, 2.05) is 0 Å². The number of ether oxygens (including phenoxy) is 1. The van der Waals surface area contributed by atoms with Gasteiger partial charge in [0, 0.05) is 35.3 Å². The first-order valence-corrected chi connectivity index (χ1v) is 8.12. The van der Waals surface area contributed by atoms with Gasteiger partial charge in [0.25, 0.3) is 0 Å². The number of hydrogen-bond donors (Lipinski definition) is 2. The summed E-state index contributed by atoms with van der Waals surface area (Å²) in [6, 6.07) is 0.602. The van der Waals surface area contributed by atoms with E-state index in [0.717, 1.165) is 51.6 Å². The van der Waals surface area contributed by atoms with Crippen LogP contribution in [0.15, 0.2) is 0 Å². The third kappa shape index (κ3) is 4.66. The van der Waals surface area contributed by atoms with E-state index in [1.165, 1.54) is 0 Å². The lowest BCUT2D eigenvalue weighted by Crippen LogP contribution is -2.33. The molecule has 2 fully saturated rings.